The number of benzene rings is 2. The Morgan fingerprint density at radius 1 is 1.00 bits per heavy atom. The normalized spacial score (nSPS) is 15.7. The van der Waals surface area contributed by atoms with Crippen molar-refractivity contribution in [3.63, 3.8) is 0 Å². The lowest BCUT2D eigenvalue weighted by atomic mass is 9.92. The van der Waals surface area contributed by atoms with E-state index in [2.05, 4.69) is 36.5 Å². The third-order valence-electron chi connectivity index (χ3n) is 5.73. The molecular formula is C25H32N2O2. The van der Waals surface area contributed by atoms with Crippen molar-refractivity contribution in [3.8, 4) is 0 Å². The van der Waals surface area contributed by atoms with Crippen LogP contribution in [0.4, 0.5) is 0 Å². The monoisotopic (exact) mass is 392 g/mol. The fourth-order valence-corrected chi connectivity index (χ4v) is 4.07. The van der Waals surface area contributed by atoms with Crippen molar-refractivity contribution in [1.82, 2.24) is 10.2 Å². The summed E-state index contributed by atoms with van der Waals surface area (Å²) in [6, 6.07) is 20.4. The number of likely N-dealkylation sites (tertiary alicyclic amines) is 1. The smallest absolute Gasteiger partial charge is 0.230 e. The second kappa shape index (κ2) is 10.8. The first-order valence-electron chi connectivity index (χ1n) is 10.8. The molecule has 0 aliphatic carbocycles. The Labute approximate surface area is 174 Å². The van der Waals surface area contributed by atoms with E-state index >= 15 is 0 Å². The van der Waals surface area contributed by atoms with Gasteiger partial charge >= 0.3 is 0 Å². The molecule has 154 valence electrons. The molecule has 0 radical (unpaired) electrons. The minimum absolute atomic E-state index is 0.0572. The third kappa shape index (κ3) is 6.18. The van der Waals surface area contributed by atoms with E-state index in [1.807, 2.05) is 41.3 Å². The van der Waals surface area contributed by atoms with Crippen LogP contribution >= 0.6 is 0 Å². The van der Waals surface area contributed by atoms with Crippen molar-refractivity contribution >= 4 is 11.8 Å². The first-order valence-corrected chi connectivity index (χ1v) is 10.8. The van der Waals surface area contributed by atoms with Gasteiger partial charge in [0.15, 0.2) is 0 Å². The number of aryl methyl sites for hydroxylation is 1. The first-order chi connectivity index (χ1) is 14.2. The molecule has 0 saturated carbocycles. The molecule has 1 fully saturated rings. The van der Waals surface area contributed by atoms with E-state index < -0.39 is 0 Å². The Hall–Kier alpha value is -2.62. The molecule has 0 bridgehead atoms. The van der Waals surface area contributed by atoms with E-state index in [1.54, 1.807) is 0 Å². The van der Waals surface area contributed by atoms with Crippen molar-refractivity contribution in [1.29, 1.82) is 0 Å². The summed E-state index contributed by atoms with van der Waals surface area (Å²) < 4.78 is 0. The van der Waals surface area contributed by atoms with Crippen LogP contribution in [0, 0.1) is 0 Å². The van der Waals surface area contributed by atoms with Gasteiger partial charge in [0.2, 0.25) is 11.8 Å². The topological polar surface area (TPSA) is 49.4 Å². The largest absolute Gasteiger partial charge is 0.353 e. The molecule has 2 aromatic carbocycles. The molecule has 1 aliphatic heterocycles. The Morgan fingerprint density at radius 2 is 1.62 bits per heavy atom. The molecule has 29 heavy (non-hydrogen) atoms. The van der Waals surface area contributed by atoms with Crippen LogP contribution in [0.25, 0.3) is 0 Å². The molecule has 2 amide bonds. The molecule has 4 heteroatoms. The fourth-order valence-electron chi connectivity index (χ4n) is 4.07. The molecule has 0 unspecified atom stereocenters. The molecule has 0 aromatic heterocycles. The number of amides is 2. The van der Waals surface area contributed by atoms with Crippen LogP contribution in [-0.4, -0.2) is 35.8 Å². The van der Waals surface area contributed by atoms with Gasteiger partial charge in [-0.15, -0.1) is 0 Å². The molecule has 0 spiro atoms. The van der Waals surface area contributed by atoms with Crippen LogP contribution in [0.2, 0.25) is 0 Å². The number of rotatable bonds is 8. The number of carbonyl (C=O) groups is 2. The zero-order valence-electron chi connectivity index (χ0n) is 17.3. The Kier molecular flexibility index (Phi) is 7.85. The number of hydrogen-bond donors (Lipinski definition) is 1. The van der Waals surface area contributed by atoms with Crippen LogP contribution in [0.5, 0.6) is 0 Å². The summed E-state index contributed by atoms with van der Waals surface area (Å²) in [5.74, 6) is 0.275. The van der Waals surface area contributed by atoms with Crippen LogP contribution in [0.15, 0.2) is 60.7 Å². The highest BCUT2D eigenvalue weighted by atomic mass is 16.2. The van der Waals surface area contributed by atoms with E-state index in [0.29, 0.717) is 6.42 Å². The van der Waals surface area contributed by atoms with Gasteiger partial charge in [0.1, 0.15) is 0 Å². The lowest BCUT2D eigenvalue weighted by molar-refractivity contribution is -0.134. The maximum absolute atomic E-state index is 13.1. The van der Waals surface area contributed by atoms with Gasteiger partial charge in [0.25, 0.3) is 0 Å². The summed E-state index contributed by atoms with van der Waals surface area (Å²) >= 11 is 0. The SMILES string of the molecule is CCC[C@@H](C(=O)N1CCC(NC(=O)CCc2ccccc2)CC1)c1ccccc1. The van der Waals surface area contributed by atoms with Crippen molar-refractivity contribution in [2.75, 3.05) is 13.1 Å². The first kappa shape index (κ1) is 21.1. The van der Waals surface area contributed by atoms with E-state index in [0.717, 1.165) is 50.8 Å². The summed E-state index contributed by atoms with van der Waals surface area (Å²) in [4.78, 5) is 27.4. The van der Waals surface area contributed by atoms with E-state index in [9.17, 15) is 9.59 Å². The van der Waals surface area contributed by atoms with Gasteiger partial charge in [-0.25, -0.2) is 0 Å². The average molecular weight is 393 g/mol. The van der Waals surface area contributed by atoms with Crippen molar-refractivity contribution in [3.05, 3.63) is 71.8 Å². The van der Waals surface area contributed by atoms with Crippen LogP contribution in [-0.2, 0) is 16.0 Å². The zero-order valence-corrected chi connectivity index (χ0v) is 17.3. The lowest BCUT2D eigenvalue weighted by Crippen LogP contribution is -2.47. The predicted molar refractivity (Wildman–Crippen MR) is 117 cm³/mol. The fraction of sp³-hybridized carbons (Fsp3) is 0.440. The highest BCUT2D eigenvalue weighted by Gasteiger charge is 2.29. The van der Waals surface area contributed by atoms with Gasteiger partial charge in [-0.2, -0.15) is 0 Å². The van der Waals surface area contributed by atoms with E-state index in [4.69, 9.17) is 0 Å². The third-order valence-corrected chi connectivity index (χ3v) is 5.73. The second-order valence-electron chi connectivity index (χ2n) is 7.90. The summed E-state index contributed by atoms with van der Waals surface area (Å²) in [6.45, 7) is 3.56. The van der Waals surface area contributed by atoms with E-state index in [-0.39, 0.29) is 23.8 Å². The zero-order chi connectivity index (χ0) is 20.5. The van der Waals surface area contributed by atoms with Gasteiger partial charge in [-0.3, -0.25) is 9.59 Å². The molecule has 1 atom stereocenters. The van der Waals surface area contributed by atoms with Gasteiger partial charge in [0, 0.05) is 25.6 Å². The van der Waals surface area contributed by atoms with Crippen molar-refractivity contribution < 1.29 is 9.59 Å². The molecule has 4 nitrogen and oxygen atoms in total. The number of carbonyl (C=O) groups excluding carboxylic acids is 2. The van der Waals surface area contributed by atoms with Crippen molar-refractivity contribution in [2.45, 2.75) is 57.4 Å². The number of nitrogens with one attached hydrogen (secondary N) is 1. The minimum Gasteiger partial charge on any atom is -0.353 e. The van der Waals surface area contributed by atoms with Crippen molar-refractivity contribution in [2.24, 2.45) is 0 Å². The highest BCUT2D eigenvalue weighted by Crippen LogP contribution is 2.25. The van der Waals surface area contributed by atoms with Crippen LogP contribution < -0.4 is 5.32 Å². The molecule has 1 heterocycles. The second-order valence-corrected chi connectivity index (χ2v) is 7.90. The molecule has 1 saturated heterocycles. The number of piperidine rings is 1. The molecular weight excluding hydrogens is 360 g/mol. The molecule has 2 aromatic rings. The Morgan fingerprint density at radius 3 is 2.24 bits per heavy atom. The van der Waals surface area contributed by atoms with Gasteiger partial charge < -0.3 is 10.2 Å². The minimum atomic E-state index is -0.0572. The average Bonchev–Trinajstić information content (AvgIpc) is 2.77. The summed E-state index contributed by atoms with van der Waals surface area (Å²) in [7, 11) is 0. The van der Waals surface area contributed by atoms with Gasteiger partial charge in [-0.1, -0.05) is 74.0 Å². The summed E-state index contributed by atoms with van der Waals surface area (Å²) in [6.07, 6.45) is 4.79. The lowest BCUT2D eigenvalue weighted by Gasteiger charge is -2.34. The standard InChI is InChI=1S/C25H32N2O2/c1-2-9-23(21-12-7-4-8-13-21)25(29)27-18-16-22(17-19-27)26-24(28)15-14-20-10-5-3-6-11-20/h3-8,10-13,22-23H,2,9,14-19H2,1H3,(H,26,28)/t23-/m1/s1. The quantitative estimate of drug-likeness (QED) is 0.728. The maximum atomic E-state index is 13.1. The predicted octanol–water partition coefficient (Wildman–Crippen LogP) is 4.31. The molecule has 3 rings (SSSR count). The Balaban J connectivity index is 1.46. The van der Waals surface area contributed by atoms with Crippen LogP contribution in [0.3, 0.4) is 0 Å². The van der Waals surface area contributed by atoms with Gasteiger partial charge in [0.05, 0.1) is 5.92 Å². The number of hydrogen-bond acceptors (Lipinski definition) is 2. The van der Waals surface area contributed by atoms with Crippen LogP contribution in [0.1, 0.15) is 56.1 Å². The molecule has 1 N–H and O–H groups in total. The summed E-state index contributed by atoms with van der Waals surface area (Å²) in [5, 5.41) is 3.16. The Bertz CT molecular complexity index is 768. The van der Waals surface area contributed by atoms with Gasteiger partial charge in [-0.05, 0) is 36.8 Å². The summed E-state index contributed by atoms with van der Waals surface area (Å²) in [5.41, 5.74) is 2.29. The number of nitrogens with zero attached hydrogens (tertiary/aromatic N) is 1. The highest BCUT2D eigenvalue weighted by molar-refractivity contribution is 5.84. The van der Waals surface area contributed by atoms with E-state index in [1.165, 1.54) is 5.56 Å². The molecule has 1 aliphatic rings. The maximum Gasteiger partial charge on any atom is 0.230 e.